The van der Waals surface area contributed by atoms with Gasteiger partial charge in [-0.25, -0.2) is 0 Å². The zero-order valence-electron chi connectivity index (χ0n) is 9.99. The molecule has 1 aromatic carbocycles. The summed E-state index contributed by atoms with van der Waals surface area (Å²) in [6, 6.07) is 6.29. The van der Waals surface area contributed by atoms with Crippen molar-refractivity contribution < 1.29 is 9.47 Å². The zero-order valence-corrected chi connectivity index (χ0v) is 11.6. The fourth-order valence-electron chi connectivity index (χ4n) is 2.21. The molecule has 0 amide bonds. The maximum atomic E-state index is 6.12. The summed E-state index contributed by atoms with van der Waals surface area (Å²) in [4.78, 5) is 0. The summed E-state index contributed by atoms with van der Waals surface area (Å²) in [5.74, 6) is 1.30. The minimum atomic E-state index is 0.229. The third-order valence-electron chi connectivity index (χ3n) is 3.26. The Kier molecular flexibility index (Phi) is 4.42. The van der Waals surface area contributed by atoms with E-state index in [1.165, 1.54) is 5.56 Å². The summed E-state index contributed by atoms with van der Waals surface area (Å²) < 4.78 is 11.9. The van der Waals surface area contributed by atoms with Gasteiger partial charge in [0.25, 0.3) is 0 Å². The van der Waals surface area contributed by atoms with Crippen molar-refractivity contribution in [3.05, 3.63) is 28.2 Å². The molecule has 1 heterocycles. The van der Waals surface area contributed by atoms with Gasteiger partial charge in [-0.2, -0.15) is 0 Å². The first-order valence-electron chi connectivity index (χ1n) is 5.86. The van der Waals surface area contributed by atoms with E-state index in [2.05, 4.69) is 22.0 Å². The number of nitrogens with two attached hydrogens (primary N) is 1. The van der Waals surface area contributed by atoms with E-state index in [4.69, 9.17) is 15.2 Å². The van der Waals surface area contributed by atoms with E-state index in [0.717, 1.165) is 36.3 Å². The molecule has 2 rings (SSSR count). The second-order valence-electron chi connectivity index (χ2n) is 4.45. The smallest absolute Gasteiger partial charge is 0.122 e. The van der Waals surface area contributed by atoms with Crippen LogP contribution in [0.5, 0.6) is 5.75 Å². The van der Waals surface area contributed by atoms with Gasteiger partial charge < -0.3 is 15.2 Å². The lowest BCUT2D eigenvalue weighted by molar-refractivity contribution is 0.0420. The van der Waals surface area contributed by atoms with Gasteiger partial charge in [0.2, 0.25) is 0 Å². The van der Waals surface area contributed by atoms with Crippen molar-refractivity contribution >= 4 is 15.9 Å². The number of hydrogen-bond donors (Lipinski definition) is 1. The average molecular weight is 300 g/mol. The van der Waals surface area contributed by atoms with E-state index in [0.29, 0.717) is 5.92 Å². The summed E-state index contributed by atoms with van der Waals surface area (Å²) in [7, 11) is 1.70. The molecule has 94 valence electrons. The highest BCUT2D eigenvalue weighted by atomic mass is 79.9. The molecule has 3 nitrogen and oxygen atoms in total. The van der Waals surface area contributed by atoms with Gasteiger partial charge >= 0.3 is 0 Å². The van der Waals surface area contributed by atoms with Gasteiger partial charge in [-0.15, -0.1) is 0 Å². The standard InChI is InChI=1S/C13H18BrNO2/c1-16-13-3-2-11(14)7-9(13)6-10-8-17-5-4-12(10)15/h2-3,7,10,12H,4-6,8,15H2,1H3. The lowest BCUT2D eigenvalue weighted by Crippen LogP contribution is -2.39. The zero-order chi connectivity index (χ0) is 12.3. The summed E-state index contributed by atoms with van der Waals surface area (Å²) >= 11 is 3.49. The Balaban J connectivity index is 2.13. The Bertz CT molecular complexity index is 384. The van der Waals surface area contributed by atoms with Crippen LogP contribution in [0.3, 0.4) is 0 Å². The summed E-state index contributed by atoms with van der Waals surface area (Å²) in [5, 5.41) is 0. The van der Waals surface area contributed by atoms with Crippen LogP contribution in [0.1, 0.15) is 12.0 Å². The van der Waals surface area contributed by atoms with Crippen LogP contribution in [0.25, 0.3) is 0 Å². The van der Waals surface area contributed by atoms with Crippen molar-refractivity contribution in [2.45, 2.75) is 18.9 Å². The molecule has 1 aromatic rings. The molecule has 0 bridgehead atoms. The van der Waals surface area contributed by atoms with Crippen molar-refractivity contribution in [1.82, 2.24) is 0 Å². The number of methoxy groups -OCH3 is 1. The summed E-state index contributed by atoms with van der Waals surface area (Å²) in [6.45, 7) is 1.53. The van der Waals surface area contributed by atoms with Crippen LogP contribution in [0.15, 0.2) is 22.7 Å². The van der Waals surface area contributed by atoms with Crippen LogP contribution in [0.4, 0.5) is 0 Å². The molecule has 1 fully saturated rings. The number of ether oxygens (including phenoxy) is 2. The van der Waals surface area contributed by atoms with E-state index in [1.54, 1.807) is 7.11 Å². The van der Waals surface area contributed by atoms with Crippen molar-refractivity contribution in [2.24, 2.45) is 11.7 Å². The predicted molar refractivity (Wildman–Crippen MR) is 71.3 cm³/mol. The third kappa shape index (κ3) is 3.21. The first-order valence-corrected chi connectivity index (χ1v) is 6.65. The van der Waals surface area contributed by atoms with Crippen LogP contribution in [-0.4, -0.2) is 26.4 Å². The molecule has 0 saturated carbocycles. The van der Waals surface area contributed by atoms with Gasteiger partial charge in [0.1, 0.15) is 5.75 Å². The van der Waals surface area contributed by atoms with Crippen molar-refractivity contribution in [2.75, 3.05) is 20.3 Å². The fraction of sp³-hybridized carbons (Fsp3) is 0.538. The Labute approximate surface area is 110 Å². The third-order valence-corrected chi connectivity index (χ3v) is 3.75. The molecule has 2 atom stereocenters. The second kappa shape index (κ2) is 5.85. The molecule has 0 spiro atoms. The number of halogens is 1. The molecule has 0 aromatic heterocycles. The average Bonchev–Trinajstić information content (AvgIpc) is 2.32. The summed E-state index contributed by atoms with van der Waals surface area (Å²) in [5.41, 5.74) is 7.31. The predicted octanol–water partition coefficient (Wildman–Crippen LogP) is 2.36. The SMILES string of the molecule is COc1ccc(Br)cc1CC1COCCC1N. The molecular formula is C13H18BrNO2. The normalized spacial score (nSPS) is 24.6. The Morgan fingerprint density at radius 3 is 3.06 bits per heavy atom. The molecule has 1 aliphatic rings. The first-order chi connectivity index (χ1) is 8.20. The maximum absolute atomic E-state index is 6.12. The van der Waals surface area contributed by atoms with Gasteiger partial charge in [0, 0.05) is 23.0 Å². The molecule has 2 unspecified atom stereocenters. The fourth-order valence-corrected chi connectivity index (χ4v) is 2.62. The van der Waals surface area contributed by atoms with E-state index in [-0.39, 0.29) is 6.04 Å². The number of rotatable bonds is 3. The molecule has 0 aliphatic carbocycles. The highest BCUT2D eigenvalue weighted by molar-refractivity contribution is 9.10. The minimum absolute atomic E-state index is 0.229. The van der Waals surface area contributed by atoms with Gasteiger partial charge in [-0.1, -0.05) is 15.9 Å². The second-order valence-corrected chi connectivity index (χ2v) is 5.36. The minimum Gasteiger partial charge on any atom is -0.496 e. The van der Waals surface area contributed by atoms with Crippen molar-refractivity contribution in [3.63, 3.8) is 0 Å². The summed E-state index contributed by atoms with van der Waals surface area (Å²) in [6.07, 6.45) is 1.85. The number of benzene rings is 1. The van der Waals surface area contributed by atoms with Crippen LogP contribution in [0.2, 0.25) is 0 Å². The molecule has 2 N–H and O–H groups in total. The largest absolute Gasteiger partial charge is 0.496 e. The van der Waals surface area contributed by atoms with Gasteiger partial charge in [0.05, 0.1) is 13.7 Å². The molecule has 4 heteroatoms. The molecular weight excluding hydrogens is 282 g/mol. The van der Waals surface area contributed by atoms with Crippen LogP contribution >= 0.6 is 15.9 Å². The van der Waals surface area contributed by atoms with E-state index in [9.17, 15) is 0 Å². The first kappa shape index (κ1) is 12.9. The van der Waals surface area contributed by atoms with Crippen LogP contribution < -0.4 is 10.5 Å². The Morgan fingerprint density at radius 2 is 2.35 bits per heavy atom. The molecule has 1 saturated heterocycles. The monoisotopic (exact) mass is 299 g/mol. The van der Waals surface area contributed by atoms with E-state index < -0.39 is 0 Å². The van der Waals surface area contributed by atoms with Gasteiger partial charge in [-0.3, -0.25) is 0 Å². The Morgan fingerprint density at radius 1 is 1.53 bits per heavy atom. The molecule has 17 heavy (non-hydrogen) atoms. The van der Waals surface area contributed by atoms with Gasteiger partial charge in [0.15, 0.2) is 0 Å². The maximum Gasteiger partial charge on any atom is 0.122 e. The lowest BCUT2D eigenvalue weighted by Gasteiger charge is -2.29. The highest BCUT2D eigenvalue weighted by Gasteiger charge is 2.23. The van der Waals surface area contributed by atoms with Crippen molar-refractivity contribution in [3.8, 4) is 5.75 Å². The van der Waals surface area contributed by atoms with E-state index >= 15 is 0 Å². The van der Waals surface area contributed by atoms with Gasteiger partial charge in [-0.05, 0) is 36.6 Å². The van der Waals surface area contributed by atoms with E-state index in [1.807, 2.05) is 12.1 Å². The number of hydrogen-bond acceptors (Lipinski definition) is 3. The molecule has 1 aliphatic heterocycles. The highest BCUT2D eigenvalue weighted by Crippen LogP contribution is 2.27. The lowest BCUT2D eigenvalue weighted by atomic mass is 9.90. The quantitative estimate of drug-likeness (QED) is 0.932. The van der Waals surface area contributed by atoms with Crippen molar-refractivity contribution in [1.29, 1.82) is 0 Å². The topological polar surface area (TPSA) is 44.5 Å². The van der Waals surface area contributed by atoms with Crippen LogP contribution in [-0.2, 0) is 11.2 Å². The molecule has 0 radical (unpaired) electrons. The van der Waals surface area contributed by atoms with Crippen LogP contribution in [0, 0.1) is 5.92 Å². The Hall–Kier alpha value is -0.580.